The molecule has 0 spiro atoms. The molecule has 1 amide bonds. The highest BCUT2D eigenvalue weighted by molar-refractivity contribution is 5.94. The summed E-state index contributed by atoms with van der Waals surface area (Å²) >= 11 is 0. The molecule has 1 aliphatic carbocycles. The number of methoxy groups -OCH3 is 1. The summed E-state index contributed by atoms with van der Waals surface area (Å²) < 4.78 is 24.0. The molecule has 2 aromatic carbocycles. The first-order chi connectivity index (χ1) is 15.0. The van der Waals surface area contributed by atoms with Crippen LogP contribution in [0.5, 0.6) is 5.75 Å². The molecule has 2 aliphatic rings. The maximum Gasteiger partial charge on any atom is 0.254 e. The molecule has 1 heterocycles. The summed E-state index contributed by atoms with van der Waals surface area (Å²) in [6.45, 7) is 3.35. The maximum absolute atomic E-state index is 13.7. The minimum absolute atomic E-state index is 0.0503. The largest absolute Gasteiger partial charge is 0.494 e. The van der Waals surface area contributed by atoms with Crippen molar-refractivity contribution in [1.82, 2.24) is 10.2 Å². The molecule has 3 unspecified atom stereocenters. The molecule has 3 atom stereocenters. The van der Waals surface area contributed by atoms with E-state index < -0.39 is 0 Å². The van der Waals surface area contributed by atoms with Crippen LogP contribution in [0.25, 0.3) is 0 Å². The SMILES string of the molecule is COc1cc(C(C)NC2CCC(c3ccc(C(=O)N(C)C4COC4)cc3)C2)ccc1F. The second-order valence-electron chi connectivity index (χ2n) is 8.72. The van der Waals surface area contributed by atoms with Crippen LogP contribution < -0.4 is 10.1 Å². The van der Waals surface area contributed by atoms with Crippen molar-refractivity contribution in [3.8, 4) is 5.75 Å². The lowest BCUT2D eigenvalue weighted by molar-refractivity contribution is -0.0467. The van der Waals surface area contributed by atoms with E-state index >= 15 is 0 Å². The number of benzene rings is 2. The van der Waals surface area contributed by atoms with Crippen molar-refractivity contribution < 1.29 is 18.7 Å². The molecule has 2 fully saturated rings. The quantitative estimate of drug-likeness (QED) is 0.718. The molecule has 2 aromatic rings. The third-order valence-corrected chi connectivity index (χ3v) is 6.71. The first kappa shape index (κ1) is 21.8. The lowest BCUT2D eigenvalue weighted by Crippen LogP contribution is -2.49. The van der Waals surface area contributed by atoms with Crippen molar-refractivity contribution >= 4 is 5.91 Å². The third-order valence-electron chi connectivity index (χ3n) is 6.71. The highest BCUT2D eigenvalue weighted by atomic mass is 19.1. The zero-order valence-corrected chi connectivity index (χ0v) is 18.4. The highest BCUT2D eigenvalue weighted by Crippen LogP contribution is 2.36. The monoisotopic (exact) mass is 426 g/mol. The van der Waals surface area contributed by atoms with Crippen molar-refractivity contribution in [3.05, 3.63) is 65.0 Å². The van der Waals surface area contributed by atoms with Gasteiger partial charge in [-0.05, 0) is 67.5 Å². The Hall–Kier alpha value is -2.44. The smallest absolute Gasteiger partial charge is 0.254 e. The van der Waals surface area contributed by atoms with E-state index in [1.165, 1.54) is 18.7 Å². The number of likely N-dealkylation sites (N-methyl/N-ethyl adjacent to an activating group) is 1. The minimum atomic E-state index is -0.339. The number of halogens is 1. The normalized spacial score (nSPS) is 22.1. The summed E-state index contributed by atoms with van der Waals surface area (Å²) in [6, 6.07) is 13.8. The van der Waals surface area contributed by atoms with Crippen molar-refractivity contribution in [2.45, 2.75) is 50.2 Å². The number of nitrogens with one attached hydrogen (secondary N) is 1. The molecule has 166 valence electrons. The van der Waals surface area contributed by atoms with Crippen LogP contribution in [-0.4, -0.2) is 50.3 Å². The molecule has 6 heteroatoms. The van der Waals surface area contributed by atoms with E-state index in [-0.39, 0.29) is 29.6 Å². The van der Waals surface area contributed by atoms with Gasteiger partial charge in [0.05, 0.1) is 26.4 Å². The highest BCUT2D eigenvalue weighted by Gasteiger charge is 2.29. The maximum atomic E-state index is 13.7. The molecule has 1 saturated carbocycles. The van der Waals surface area contributed by atoms with Crippen LogP contribution in [0.2, 0.25) is 0 Å². The number of amides is 1. The van der Waals surface area contributed by atoms with Gasteiger partial charge in [-0.25, -0.2) is 4.39 Å². The van der Waals surface area contributed by atoms with Crippen LogP contribution in [0.3, 0.4) is 0 Å². The van der Waals surface area contributed by atoms with E-state index in [0.717, 1.165) is 30.4 Å². The molecule has 1 aliphatic heterocycles. The van der Waals surface area contributed by atoms with Crippen LogP contribution in [0, 0.1) is 5.82 Å². The summed E-state index contributed by atoms with van der Waals surface area (Å²) in [5.41, 5.74) is 3.03. The van der Waals surface area contributed by atoms with Gasteiger partial charge in [-0.2, -0.15) is 0 Å². The predicted molar refractivity (Wildman–Crippen MR) is 118 cm³/mol. The van der Waals surface area contributed by atoms with Gasteiger partial charge in [0.15, 0.2) is 11.6 Å². The number of rotatable bonds is 7. The molecule has 0 bridgehead atoms. The van der Waals surface area contributed by atoms with Gasteiger partial charge in [0.25, 0.3) is 5.91 Å². The van der Waals surface area contributed by atoms with Gasteiger partial charge in [0.1, 0.15) is 0 Å². The van der Waals surface area contributed by atoms with E-state index in [0.29, 0.717) is 25.2 Å². The Labute approximate surface area is 183 Å². The van der Waals surface area contributed by atoms with Crippen molar-refractivity contribution in [1.29, 1.82) is 0 Å². The first-order valence-corrected chi connectivity index (χ1v) is 11.0. The number of carbonyl (C=O) groups excluding carboxylic acids is 1. The topological polar surface area (TPSA) is 50.8 Å². The standard InChI is InChI=1S/C25H31FN2O3/c1-16(19-9-11-23(26)24(13-19)30-3)27-21-10-8-20(12-21)17-4-6-18(7-5-17)25(29)28(2)22-14-31-15-22/h4-7,9,11,13,16,20-22,27H,8,10,12,14-15H2,1-3H3. The number of hydrogen-bond donors (Lipinski definition) is 1. The summed E-state index contributed by atoms with van der Waals surface area (Å²) in [4.78, 5) is 14.4. The molecule has 0 radical (unpaired) electrons. The molecular formula is C25H31FN2O3. The fourth-order valence-corrected chi connectivity index (χ4v) is 4.55. The summed E-state index contributed by atoms with van der Waals surface area (Å²) in [5.74, 6) is 0.470. The van der Waals surface area contributed by atoms with Crippen LogP contribution >= 0.6 is 0 Å². The molecule has 31 heavy (non-hydrogen) atoms. The van der Waals surface area contributed by atoms with Crippen molar-refractivity contribution in [3.63, 3.8) is 0 Å². The van der Waals surface area contributed by atoms with Gasteiger partial charge in [-0.1, -0.05) is 18.2 Å². The number of ether oxygens (including phenoxy) is 2. The summed E-state index contributed by atoms with van der Waals surface area (Å²) in [5, 5.41) is 3.68. The Morgan fingerprint density at radius 1 is 1.19 bits per heavy atom. The molecule has 1 saturated heterocycles. The van der Waals surface area contributed by atoms with Gasteiger partial charge in [-0.15, -0.1) is 0 Å². The summed E-state index contributed by atoms with van der Waals surface area (Å²) in [7, 11) is 3.33. The van der Waals surface area contributed by atoms with Gasteiger partial charge >= 0.3 is 0 Å². The van der Waals surface area contributed by atoms with Crippen molar-refractivity contribution in [2.24, 2.45) is 0 Å². The number of hydrogen-bond acceptors (Lipinski definition) is 4. The van der Waals surface area contributed by atoms with E-state index in [9.17, 15) is 9.18 Å². The Morgan fingerprint density at radius 2 is 1.94 bits per heavy atom. The predicted octanol–water partition coefficient (Wildman–Crippen LogP) is 4.29. The Balaban J connectivity index is 1.33. The lowest BCUT2D eigenvalue weighted by Gasteiger charge is -2.34. The second-order valence-corrected chi connectivity index (χ2v) is 8.72. The molecule has 5 nitrogen and oxygen atoms in total. The number of nitrogens with zero attached hydrogens (tertiary/aromatic N) is 1. The van der Waals surface area contributed by atoms with Crippen LogP contribution in [0.4, 0.5) is 4.39 Å². The van der Waals surface area contributed by atoms with Gasteiger partial charge in [0, 0.05) is 24.7 Å². The lowest BCUT2D eigenvalue weighted by atomic mass is 9.96. The van der Waals surface area contributed by atoms with E-state index in [1.807, 2.05) is 25.2 Å². The molecule has 1 N–H and O–H groups in total. The van der Waals surface area contributed by atoms with Crippen LogP contribution in [-0.2, 0) is 4.74 Å². The summed E-state index contributed by atoms with van der Waals surface area (Å²) in [6.07, 6.45) is 3.26. The third kappa shape index (κ3) is 4.75. The average Bonchev–Trinajstić information content (AvgIpc) is 3.20. The van der Waals surface area contributed by atoms with Crippen molar-refractivity contribution in [2.75, 3.05) is 27.4 Å². The van der Waals surface area contributed by atoms with Crippen LogP contribution in [0.15, 0.2) is 42.5 Å². The van der Waals surface area contributed by atoms with E-state index in [2.05, 4.69) is 24.4 Å². The van der Waals surface area contributed by atoms with Gasteiger partial charge < -0.3 is 19.7 Å². The van der Waals surface area contributed by atoms with Gasteiger partial charge in [-0.3, -0.25) is 4.79 Å². The minimum Gasteiger partial charge on any atom is -0.494 e. The fourth-order valence-electron chi connectivity index (χ4n) is 4.55. The average molecular weight is 427 g/mol. The van der Waals surface area contributed by atoms with E-state index in [4.69, 9.17) is 9.47 Å². The molecule has 0 aromatic heterocycles. The zero-order chi connectivity index (χ0) is 22.0. The second kappa shape index (κ2) is 9.37. The number of carbonyl (C=O) groups is 1. The fraction of sp³-hybridized carbons (Fsp3) is 0.480. The van der Waals surface area contributed by atoms with Crippen LogP contribution in [0.1, 0.15) is 59.6 Å². The van der Waals surface area contributed by atoms with E-state index in [1.54, 1.807) is 11.0 Å². The Kier molecular flexibility index (Phi) is 6.58. The zero-order valence-electron chi connectivity index (χ0n) is 18.4. The Bertz CT molecular complexity index is 913. The van der Waals surface area contributed by atoms with Gasteiger partial charge in [0.2, 0.25) is 0 Å². The molecular weight excluding hydrogens is 395 g/mol. The first-order valence-electron chi connectivity index (χ1n) is 11.0. The Morgan fingerprint density at radius 3 is 2.58 bits per heavy atom. The molecule has 4 rings (SSSR count).